The van der Waals surface area contributed by atoms with E-state index in [1.54, 1.807) is 7.11 Å². The Morgan fingerprint density at radius 3 is 2.47 bits per heavy atom. The number of carbonyl (C=O) groups is 1. The maximum atomic E-state index is 12.5. The first-order valence-electron chi connectivity index (χ1n) is 11.5. The number of halogens is 1. The molecule has 3 atom stereocenters. The van der Waals surface area contributed by atoms with Crippen molar-refractivity contribution in [2.75, 3.05) is 33.4 Å². The smallest absolute Gasteiger partial charge is 0.248 e. The van der Waals surface area contributed by atoms with Crippen LogP contribution in [0.3, 0.4) is 0 Å². The van der Waals surface area contributed by atoms with Gasteiger partial charge in [-0.25, -0.2) is 0 Å². The lowest BCUT2D eigenvalue weighted by Gasteiger charge is -2.39. The lowest BCUT2D eigenvalue weighted by atomic mass is 9.81. The third-order valence-corrected chi connectivity index (χ3v) is 6.89. The zero-order chi connectivity index (χ0) is 22.7. The summed E-state index contributed by atoms with van der Waals surface area (Å²) in [6.07, 6.45) is 1.14. The standard InChI is InChI=1S/C26H33ClN2O3/c1-18(2)32-22-10-6-20(7-11-22)23-15-29(14-19-4-8-21(27)9-5-19)25-12-13-28(16-24(23)25)26(30)17-31-3/h4-11,18,23-25H,12-17H2,1-3H3/t23-,24-,25-/m1/s1. The summed E-state index contributed by atoms with van der Waals surface area (Å²) in [4.78, 5) is 17.1. The summed E-state index contributed by atoms with van der Waals surface area (Å²) in [6.45, 7) is 7.67. The summed E-state index contributed by atoms with van der Waals surface area (Å²) >= 11 is 6.09. The fraction of sp³-hybridized carbons (Fsp3) is 0.500. The first-order valence-corrected chi connectivity index (χ1v) is 11.8. The van der Waals surface area contributed by atoms with Crippen molar-refractivity contribution >= 4 is 17.5 Å². The highest BCUT2D eigenvalue weighted by Crippen LogP contribution is 2.42. The summed E-state index contributed by atoms with van der Waals surface area (Å²) in [6, 6.07) is 17.1. The molecule has 4 rings (SSSR count). The molecule has 32 heavy (non-hydrogen) atoms. The Hall–Kier alpha value is -2.08. The molecule has 0 spiro atoms. The van der Waals surface area contributed by atoms with Crippen molar-refractivity contribution in [1.82, 2.24) is 9.80 Å². The highest BCUT2D eigenvalue weighted by atomic mass is 35.5. The van der Waals surface area contributed by atoms with Gasteiger partial charge in [0.25, 0.3) is 0 Å². The van der Waals surface area contributed by atoms with Crippen LogP contribution < -0.4 is 4.74 Å². The third-order valence-electron chi connectivity index (χ3n) is 6.64. The van der Waals surface area contributed by atoms with E-state index in [-0.39, 0.29) is 18.6 Å². The van der Waals surface area contributed by atoms with Gasteiger partial charge in [-0.2, -0.15) is 0 Å². The van der Waals surface area contributed by atoms with Crippen molar-refractivity contribution in [3.8, 4) is 5.75 Å². The van der Waals surface area contributed by atoms with E-state index in [0.717, 1.165) is 43.4 Å². The minimum absolute atomic E-state index is 0.0848. The molecule has 2 fully saturated rings. The van der Waals surface area contributed by atoms with E-state index >= 15 is 0 Å². The summed E-state index contributed by atoms with van der Waals surface area (Å²) < 4.78 is 10.9. The monoisotopic (exact) mass is 456 g/mol. The second-order valence-corrected chi connectivity index (χ2v) is 9.63. The van der Waals surface area contributed by atoms with Gasteiger partial charge in [0, 0.05) is 56.2 Å². The molecular formula is C26H33ClN2O3. The van der Waals surface area contributed by atoms with E-state index in [1.807, 2.05) is 30.9 Å². The van der Waals surface area contributed by atoms with Crippen LogP contribution in [0.4, 0.5) is 0 Å². The zero-order valence-corrected chi connectivity index (χ0v) is 19.9. The summed E-state index contributed by atoms with van der Waals surface area (Å²) in [5, 5.41) is 0.764. The number of hydrogen-bond acceptors (Lipinski definition) is 4. The molecule has 2 aromatic rings. The van der Waals surface area contributed by atoms with Crippen LogP contribution in [0.2, 0.25) is 5.02 Å². The van der Waals surface area contributed by atoms with Crippen LogP contribution in [-0.2, 0) is 16.1 Å². The topological polar surface area (TPSA) is 42.0 Å². The molecular weight excluding hydrogens is 424 g/mol. The van der Waals surface area contributed by atoms with Gasteiger partial charge in [0.05, 0.1) is 6.10 Å². The number of hydrogen-bond donors (Lipinski definition) is 0. The number of benzene rings is 2. The number of methoxy groups -OCH3 is 1. The molecule has 2 aliphatic rings. The Labute approximate surface area is 196 Å². The number of likely N-dealkylation sites (tertiary alicyclic amines) is 2. The Morgan fingerprint density at radius 2 is 1.81 bits per heavy atom. The molecule has 0 saturated carbocycles. The summed E-state index contributed by atoms with van der Waals surface area (Å²) in [5.41, 5.74) is 2.59. The van der Waals surface area contributed by atoms with E-state index in [2.05, 4.69) is 41.3 Å². The third kappa shape index (κ3) is 5.28. The SMILES string of the molecule is COCC(=O)N1CC[C@@H]2[C@H](C1)[C@@H](c1ccc(OC(C)C)cc1)CN2Cc1ccc(Cl)cc1. The van der Waals surface area contributed by atoms with Crippen LogP contribution in [0.5, 0.6) is 5.75 Å². The van der Waals surface area contributed by atoms with E-state index in [1.165, 1.54) is 11.1 Å². The molecule has 0 radical (unpaired) electrons. The minimum atomic E-state index is 0.0848. The van der Waals surface area contributed by atoms with Gasteiger partial charge in [0.2, 0.25) is 5.91 Å². The van der Waals surface area contributed by atoms with Crippen molar-refractivity contribution in [1.29, 1.82) is 0 Å². The molecule has 0 bridgehead atoms. The first-order chi connectivity index (χ1) is 15.4. The molecule has 2 heterocycles. The number of amides is 1. The number of carbonyl (C=O) groups excluding carboxylic acids is 1. The number of rotatable bonds is 7. The normalized spacial score (nSPS) is 23.4. The fourth-order valence-electron chi connectivity index (χ4n) is 5.21. The number of fused-ring (bicyclic) bond motifs is 1. The number of nitrogens with zero attached hydrogens (tertiary/aromatic N) is 2. The fourth-order valence-corrected chi connectivity index (χ4v) is 5.33. The van der Waals surface area contributed by atoms with Gasteiger partial charge in [0.15, 0.2) is 0 Å². The lowest BCUT2D eigenvalue weighted by molar-refractivity contribution is -0.137. The Balaban J connectivity index is 1.55. The summed E-state index contributed by atoms with van der Waals surface area (Å²) in [5.74, 6) is 1.76. The van der Waals surface area contributed by atoms with Crippen molar-refractivity contribution in [2.45, 2.75) is 44.9 Å². The van der Waals surface area contributed by atoms with Crippen LogP contribution >= 0.6 is 11.6 Å². The van der Waals surface area contributed by atoms with Crippen molar-refractivity contribution < 1.29 is 14.3 Å². The van der Waals surface area contributed by atoms with Gasteiger partial charge >= 0.3 is 0 Å². The second kappa shape index (κ2) is 10.2. The van der Waals surface area contributed by atoms with Gasteiger partial charge in [-0.15, -0.1) is 0 Å². The highest BCUT2D eigenvalue weighted by Gasteiger charge is 2.45. The molecule has 1 amide bonds. The van der Waals surface area contributed by atoms with Crippen LogP contribution in [-0.4, -0.2) is 61.2 Å². The quantitative estimate of drug-likeness (QED) is 0.611. The zero-order valence-electron chi connectivity index (χ0n) is 19.2. The average molecular weight is 457 g/mol. The van der Waals surface area contributed by atoms with Gasteiger partial charge in [-0.05, 0) is 55.7 Å². The van der Waals surface area contributed by atoms with Gasteiger partial charge in [0.1, 0.15) is 12.4 Å². The Bertz CT molecular complexity index is 900. The molecule has 0 aliphatic carbocycles. The Kier molecular flexibility index (Phi) is 7.39. The molecule has 2 saturated heterocycles. The number of ether oxygens (including phenoxy) is 2. The van der Waals surface area contributed by atoms with Crippen molar-refractivity contribution in [3.05, 3.63) is 64.7 Å². The van der Waals surface area contributed by atoms with E-state index in [9.17, 15) is 4.79 Å². The van der Waals surface area contributed by atoms with Crippen molar-refractivity contribution in [2.24, 2.45) is 5.92 Å². The molecule has 172 valence electrons. The molecule has 2 aliphatic heterocycles. The van der Waals surface area contributed by atoms with Crippen molar-refractivity contribution in [3.63, 3.8) is 0 Å². The van der Waals surface area contributed by atoms with E-state index in [0.29, 0.717) is 17.9 Å². The predicted molar refractivity (Wildman–Crippen MR) is 127 cm³/mol. The van der Waals surface area contributed by atoms with Gasteiger partial charge in [-0.3, -0.25) is 9.69 Å². The number of piperidine rings is 1. The highest BCUT2D eigenvalue weighted by molar-refractivity contribution is 6.30. The van der Waals surface area contributed by atoms with Crippen LogP contribution in [0.25, 0.3) is 0 Å². The van der Waals surface area contributed by atoms with E-state index in [4.69, 9.17) is 21.1 Å². The molecule has 0 aromatic heterocycles. The molecule has 6 heteroatoms. The van der Waals surface area contributed by atoms with Crippen LogP contribution in [0.15, 0.2) is 48.5 Å². The second-order valence-electron chi connectivity index (χ2n) is 9.19. The molecule has 0 N–H and O–H groups in total. The summed E-state index contributed by atoms with van der Waals surface area (Å²) in [7, 11) is 1.58. The van der Waals surface area contributed by atoms with Crippen LogP contribution in [0, 0.1) is 5.92 Å². The lowest BCUT2D eigenvalue weighted by Crippen LogP contribution is -2.49. The van der Waals surface area contributed by atoms with E-state index < -0.39 is 0 Å². The largest absolute Gasteiger partial charge is 0.491 e. The molecule has 2 aromatic carbocycles. The molecule has 5 nitrogen and oxygen atoms in total. The Morgan fingerprint density at radius 1 is 1.09 bits per heavy atom. The van der Waals surface area contributed by atoms with Gasteiger partial charge < -0.3 is 14.4 Å². The predicted octanol–water partition coefficient (Wildman–Crippen LogP) is 4.59. The molecule has 0 unspecified atom stereocenters. The van der Waals surface area contributed by atoms with Crippen LogP contribution in [0.1, 0.15) is 37.3 Å². The average Bonchev–Trinajstić information content (AvgIpc) is 3.13. The first kappa shape index (κ1) is 23.1. The maximum Gasteiger partial charge on any atom is 0.248 e. The maximum absolute atomic E-state index is 12.5. The minimum Gasteiger partial charge on any atom is -0.491 e. The van der Waals surface area contributed by atoms with Gasteiger partial charge in [-0.1, -0.05) is 35.9 Å².